The molecule has 6 atom stereocenters. The molecule has 4 aliphatic rings. The number of carbonyl (C=O) groups excluding carboxylic acids is 5. The summed E-state index contributed by atoms with van der Waals surface area (Å²) in [6.07, 6.45) is 11.4. The largest absolute Gasteiger partial charge is 0.346 e. The Morgan fingerprint density at radius 3 is 2.43 bits per heavy atom. The van der Waals surface area contributed by atoms with E-state index < -0.39 is 63.2 Å². The molecule has 2 aliphatic carbocycles. The summed E-state index contributed by atoms with van der Waals surface area (Å²) in [6, 6.07) is -2.60. The van der Waals surface area contributed by atoms with Crippen molar-refractivity contribution < 1.29 is 32.4 Å². The van der Waals surface area contributed by atoms with E-state index in [9.17, 15) is 32.4 Å². The summed E-state index contributed by atoms with van der Waals surface area (Å²) in [4.78, 5) is 71.0. The minimum absolute atomic E-state index is 0.0368. The van der Waals surface area contributed by atoms with Crippen LogP contribution in [-0.4, -0.2) is 91.0 Å². The number of rotatable bonds is 14. The van der Waals surface area contributed by atoms with Gasteiger partial charge < -0.3 is 26.2 Å². The Kier molecular flexibility index (Phi) is 12.2. The van der Waals surface area contributed by atoms with Crippen molar-refractivity contribution in [3.05, 3.63) is 29.0 Å². The molecule has 0 bridgehead atoms. The lowest BCUT2D eigenvalue weighted by molar-refractivity contribution is -0.144. The number of piperidine rings is 1. The first kappa shape index (κ1) is 40.4. The van der Waals surface area contributed by atoms with Gasteiger partial charge in [-0.15, -0.1) is 30.3 Å². The molecule has 2 unspecified atom stereocenters. The van der Waals surface area contributed by atoms with Crippen molar-refractivity contribution in [2.75, 3.05) is 19.6 Å². The van der Waals surface area contributed by atoms with E-state index in [4.69, 9.17) is 6.42 Å². The Morgan fingerprint density at radius 2 is 1.81 bits per heavy atom. The zero-order valence-electron chi connectivity index (χ0n) is 31.4. The summed E-state index contributed by atoms with van der Waals surface area (Å²) in [6.45, 7) is 14.1. The summed E-state index contributed by atoms with van der Waals surface area (Å²) in [7, 11) is -3.70. The van der Waals surface area contributed by atoms with Crippen LogP contribution < -0.4 is 21.3 Å². The number of amides is 5. The SMILES string of the molecule is C#CCCC(NC(=O)[C@@H]1C2[C@H](CN1C(=O)[C@@H](NC(=O)N[C@H](CN1Cc3sccc3S1(=O)=O)C(C)(C)C)C1CCCCC1)C2(C)C)C(=O)C(=O)NCC=C. The molecule has 290 valence electrons. The van der Waals surface area contributed by atoms with Crippen LogP contribution in [0.25, 0.3) is 0 Å². The summed E-state index contributed by atoms with van der Waals surface area (Å²) < 4.78 is 27.9. The van der Waals surface area contributed by atoms with Crippen LogP contribution in [0.15, 0.2) is 29.0 Å². The first-order valence-electron chi connectivity index (χ1n) is 18.5. The zero-order valence-corrected chi connectivity index (χ0v) is 33.0. The fourth-order valence-electron chi connectivity index (χ4n) is 8.31. The van der Waals surface area contributed by atoms with Gasteiger partial charge in [0.1, 0.15) is 12.1 Å². The van der Waals surface area contributed by atoms with Crippen molar-refractivity contribution in [3.63, 3.8) is 0 Å². The lowest BCUT2D eigenvalue weighted by Gasteiger charge is -2.38. The van der Waals surface area contributed by atoms with Gasteiger partial charge in [-0.2, -0.15) is 4.31 Å². The topological polar surface area (TPSA) is 174 Å². The van der Waals surface area contributed by atoms with Crippen LogP contribution >= 0.6 is 11.3 Å². The Hall–Kier alpha value is -3.74. The molecule has 13 nitrogen and oxygen atoms in total. The normalized spacial score (nSPS) is 24.8. The number of hydrogen-bond acceptors (Lipinski definition) is 8. The van der Waals surface area contributed by atoms with E-state index in [-0.39, 0.29) is 61.6 Å². The molecule has 5 amide bonds. The summed E-state index contributed by atoms with van der Waals surface area (Å²) >= 11 is 1.39. The highest BCUT2D eigenvalue weighted by atomic mass is 32.2. The number of fused-ring (bicyclic) bond motifs is 2. The second-order valence-electron chi connectivity index (χ2n) is 16.5. The van der Waals surface area contributed by atoms with Crippen molar-refractivity contribution in [1.29, 1.82) is 0 Å². The fraction of sp³-hybridized carbons (Fsp3) is 0.658. The number of nitrogens with one attached hydrogen (secondary N) is 4. The van der Waals surface area contributed by atoms with Gasteiger partial charge in [-0.25, -0.2) is 13.2 Å². The number of nitrogens with zero attached hydrogens (tertiary/aromatic N) is 2. The van der Waals surface area contributed by atoms with Gasteiger partial charge in [0.2, 0.25) is 27.6 Å². The van der Waals surface area contributed by atoms with Crippen LogP contribution in [-0.2, 0) is 35.7 Å². The van der Waals surface area contributed by atoms with Gasteiger partial charge in [0.05, 0.1) is 10.9 Å². The average molecular weight is 771 g/mol. The molecule has 3 heterocycles. The van der Waals surface area contributed by atoms with E-state index in [1.165, 1.54) is 21.7 Å². The van der Waals surface area contributed by atoms with E-state index in [1.807, 2.05) is 34.6 Å². The maximum atomic E-state index is 14.7. The molecule has 2 aliphatic heterocycles. The molecular formula is C38H54N6O7S2. The molecule has 53 heavy (non-hydrogen) atoms. The van der Waals surface area contributed by atoms with Gasteiger partial charge in [0, 0.05) is 43.5 Å². The Bertz CT molecular complexity index is 1750. The first-order valence-corrected chi connectivity index (χ1v) is 20.9. The summed E-state index contributed by atoms with van der Waals surface area (Å²) in [5, 5.41) is 13.0. The van der Waals surface area contributed by atoms with Crippen molar-refractivity contribution in [3.8, 4) is 12.3 Å². The molecule has 15 heteroatoms. The summed E-state index contributed by atoms with van der Waals surface area (Å²) in [5.41, 5.74) is -0.767. The van der Waals surface area contributed by atoms with E-state index in [1.54, 1.807) is 16.3 Å². The number of thiophene rings is 1. The smallest absolute Gasteiger partial charge is 0.315 e. The highest BCUT2D eigenvalue weighted by Crippen LogP contribution is 2.65. The minimum Gasteiger partial charge on any atom is -0.346 e. The molecule has 3 fully saturated rings. The second kappa shape index (κ2) is 15.9. The molecule has 1 saturated heterocycles. The van der Waals surface area contributed by atoms with Crippen LogP contribution in [0.3, 0.4) is 0 Å². The maximum Gasteiger partial charge on any atom is 0.315 e. The highest BCUT2D eigenvalue weighted by molar-refractivity contribution is 7.89. The molecule has 0 spiro atoms. The van der Waals surface area contributed by atoms with E-state index in [0.717, 1.165) is 37.0 Å². The second-order valence-corrected chi connectivity index (χ2v) is 19.4. The monoisotopic (exact) mass is 770 g/mol. The molecule has 0 aromatic carbocycles. The van der Waals surface area contributed by atoms with Crippen molar-refractivity contribution in [2.45, 2.75) is 115 Å². The van der Waals surface area contributed by atoms with Crippen molar-refractivity contribution >= 4 is 50.9 Å². The lowest BCUT2D eigenvalue weighted by atomic mass is 9.83. The van der Waals surface area contributed by atoms with Gasteiger partial charge in [0.15, 0.2) is 0 Å². The Balaban J connectivity index is 1.35. The standard InChI is InChI=1S/C38H54N6O7S2/c1-8-10-16-25(32(45)34(47)39-18-9-2)40-33(46)31-29-24(38(29,6)7)20-44(31)35(48)30(23-14-12-11-13-15-23)42-36(49)41-28(37(3,4)5)22-43-21-26-27(17-19-52-26)53(43,50)51/h1,9,17,19,23-25,28-31H,2,10-16,18,20-22H2,3-7H3,(H,39,47)(H,40,46)(H2,41,42,49)/t24-,25?,28+,29?,30-,31-/m0/s1. The molecule has 4 N–H and O–H groups in total. The summed E-state index contributed by atoms with van der Waals surface area (Å²) in [5.74, 6) is -0.458. The zero-order chi connectivity index (χ0) is 38.9. The van der Waals surface area contributed by atoms with E-state index in [2.05, 4.69) is 33.8 Å². The number of ketones is 1. The fourth-order valence-corrected chi connectivity index (χ4v) is 11.2. The van der Waals surface area contributed by atoms with Gasteiger partial charge in [-0.3, -0.25) is 19.2 Å². The van der Waals surface area contributed by atoms with Crippen molar-refractivity contribution in [1.82, 2.24) is 30.5 Å². The van der Waals surface area contributed by atoms with Crippen LogP contribution in [0.1, 0.15) is 84.4 Å². The average Bonchev–Trinajstić information content (AvgIpc) is 3.56. The Morgan fingerprint density at radius 1 is 1.11 bits per heavy atom. The van der Waals surface area contributed by atoms with Gasteiger partial charge in [0.25, 0.3) is 5.91 Å². The van der Waals surface area contributed by atoms with Crippen LogP contribution in [0.2, 0.25) is 0 Å². The number of sulfonamides is 1. The highest BCUT2D eigenvalue weighted by Gasteiger charge is 2.69. The number of likely N-dealkylation sites (tertiary alicyclic amines) is 1. The van der Waals surface area contributed by atoms with Crippen LogP contribution in [0, 0.1) is 40.9 Å². The van der Waals surface area contributed by atoms with Gasteiger partial charge in [-0.1, -0.05) is 60.0 Å². The number of urea groups is 1. The molecule has 0 radical (unpaired) electrons. The van der Waals surface area contributed by atoms with Crippen LogP contribution in [0.4, 0.5) is 4.79 Å². The lowest BCUT2D eigenvalue weighted by Crippen LogP contribution is -2.61. The number of Topliss-reactive ketones (excluding diaryl/α,β-unsaturated/α-hetero) is 1. The first-order chi connectivity index (χ1) is 24.9. The van der Waals surface area contributed by atoms with Crippen molar-refractivity contribution in [2.24, 2.45) is 28.6 Å². The van der Waals surface area contributed by atoms with Crippen LogP contribution in [0.5, 0.6) is 0 Å². The third-order valence-corrected chi connectivity index (χ3v) is 14.6. The molecule has 2 saturated carbocycles. The van der Waals surface area contributed by atoms with E-state index in [0.29, 0.717) is 11.4 Å². The number of carbonyl (C=O) groups is 5. The third-order valence-electron chi connectivity index (χ3n) is 11.7. The predicted molar refractivity (Wildman–Crippen MR) is 202 cm³/mol. The van der Waals surface area contributed by atoms with Gasteiger partial charge in [-0.05, 0) is 59.3 Å². The predicted octanol–water partition coefficient (Wildman–Crippen LogP) is 3.17. The molecule has 5 rings (SSSR count). The molecule has 1 aromatic heterocycles. The third kappa shape index (κ3) is 8.49. The minimum atomic E-state index is -3.70. The Labute approximate surface area is 317 Å². The number of hydrogen-bond donors (Lipinski definition) is 4. The quantitative estimate of drug-likeness (QED) is 0.128. The maximum absolute atomic E-state index is 14.7. The van der Waals surface area contributed by atoms with E-state index >= 15 is 0 Å². The van der Waals surface area contributed by atoms with Gasteiger partial charge >= 0.3 is 6.03 Å². The molecular weight excluding hydrogens is 717 g/mol. The molecule has 1 aromatic rings. The number of terminal acetylenes is 1.